The van der Waals surface area contributed by atoms with Crippen LogP contribution >= 0.6 is 0 Å². The van der Waals surface area contributed by atoms with Crippen molar-refractivity contribution in [3.63, 3.8) is 0 Å². The molecular formula is C25H38N2O5. The van der Waals surface area contributed by atoms with Gasteiger partial charge in [-0.25, -0.2) is 0 Å². The monoisotopic (exact) mass is 446 g/mol. The lowest BCUT2D eigenvalue weighted by Gasteiger charge is -2.26. The van der Waals surface area contributed by atoms with Crippen molar-refractivity contribution in [2.45, 2.75) is 57.6 Å². The van der Waals surface area contributed by atoms with Gasteiger partial charge >= 0.3 is 0 Å². The van der Waals surface area contributed by atoms with E-state index < -0.39 is 5.60 Å². The van der Waals surface area contributed by atoms with E-state index in [1.165, 1.54) is 11.1 Å². The maximum absolute atomic E-state index is 12.5. The van der Waals surface area contributed by atoms with Crippen LogP contribution in [0.25, 0.3) is 0 Å². The average molecular weight is 447 g/mol. The maximum atomic E-state index is 12.5. The Bertz CT molecular complexity index is 788. The first kappa shape index (κ1) is 26.0. The number of ether oxygens (including phenoxy) is 1. The summed E-state index contributed by atoms with van der Waals surface area (Å²) >= 11 is 0. The van der Waals surface area contributed by atoms with E-state index in [2.05, 4.69) is 49.3 Å². The number of rotatable bonds is 10. The number of hydrogen-bond donors (Lipinski definition) is 4. The zero-order valence-corrected chi connectivity index (χ0v) is 19.5. The molecule has 1 fully saturated rings. The van der Waals surface area contributed by atoms with Gasteiger partial charge in [-0.1, -0.05) is 44.7 Å². The number of hydrogen-bond acceptors (Lipinski definition) is 5. The molecule has 1 aromatic carbocycles. The number of aliphatic hydroxyl groups is 2. The highest BCUT2D eigenvalue weighted by Crippen LogP contribution is 2.36. The minimum absolute atomic E-state index is 0.0585. The Morgan fingerprint density at radius 2 is 1.88 bits per heavy atom. The molecular weight excluding hydrogens is 408 g/mol. The second-order valence-electron chi connectivity index (χ2n) is 9.07. The summed E-state index contributed by atoms with van der Waals surface area (Å²) in [7, 11) is 1.00. The summed E-state index contributed by atoms with van der Waals surface area (Å²) in [5.41, 5.74) is 2.67. The van der Waals surface area contributed by atoms with Crippen LogP contribution in [0, 0.1) is 11.8 Å². The van der Waals surface area contributed by atoms with Crippen LogP contribution in [0.15, 0.2) is 36.4 Å². The number of epoxide rings is 1. The van der Waals surface area contributed by atoms with Crippen molar-refractivity contribution in [3.05, 3.63) is 47.5 Å². The van der Waals surface area contributed by atoms with Gasteiger partial charge < -0.3 is 25.6 Å². The van der Waals surface area contributed by atoms with Crippen LogP contribution in [0.1, 0.15) is 44.2 Å². The minimum atomic E-state index is -0.729. The molecule has 0 spiro atoms. The number of aliphatic hydroxyl groups excluding tert-OH is 2. The molecule has 178 valence electrons. The first-order valence-corrected chi connectivity index (χ1v) is 11.3. The van der Waals surface area contributed by atoms with Crippen molar-refractivity contribution >= 4 is 11.8 Å². The predicted octanol–water partition coefficient (Wildman–Crippen LogP) is 1.75. The van der Waals surface area contributed by atoms with Gasteiger partial charge in [0.25, 0.3) is 0 Å². The van der Waals surface area contributed by atoms with Gasteiger partial charge in [0.15, 0.2) is 0 Å². The van der Waals surface area contributed by atoms with Gasteiger partial charge in [-0.05, 0) is 54.2 Å². The van der Waals surface area contributed by atoms with E-state index in [0.29, 0.717) is 36.9 Å². The van der Waals surface area contributed by atoms with Gasteiger partial charge in [-0.15, -0.1) is 0 Å². The predicted molar refractivity (Wildman–Crippen MR) is 124 cm³/mol. The number of carbonyl (C=O) groups is 2. The van der Waals surface area contributed by atoms with E-state index in [9.17, 15) is 14.7 Å². The van der Waals surface area contributed by atoms with Crippen LogP contribution in [-0.2, 0) is 27.2 Å². The van der Waals surface area contributed by atoms with Crippen LogP contribution in [0.2, 0.25) is 0 Å². The van der Waals surface area contributed by atoms with Crippen molar-refractivity contribution in [1.29, 1.82) is 0 Å². The first-order chi connectivity index (χ1) is 15.3. The number of aryl methyl sites for hydroxylation is 1. The van der Waals surface area contributed by atoms with Crippen LogP contribution in [0.3, 0.4) is 0 Å². The first-order valence-electron chi connectivity index (χ1n) is 11.3. The zero-order valence-electron chi connectivity index (χ0n) is 19.5. The largest absolute Gasteiger partial charge is 0.400 e. The molecule has 1 aromatic rings. The summed E-state index contributed by atoms with van der Waals surface area (Å²) in [6.45, 7) is 8.43. The normalized spacial score (nSPS) is 22.1. The molecule has 0 saturated carbocycles. The Hall–Kier alpha value is -2.22. The lowest BCUT2D eigenvalue weighted by Crippen LogP contribution is -2.46. The van der Waals surface area contributed by atoms with Gasteiger partial charge in [0, 0.05) is 13.5 Å². The fraction of sp³-hybridized carbons (Fsp3) is 0.600. The summed E-state index contributed by atoms with van der Waals surface area (Å²) in [4.78, 5) is 24.8. The maximum Gasteiger partial charge on any atom is 0.239 e. The van der Waals surface area contributed by atoms with E-state index in [1.54, 1.807) is 0 Å². The van der Waals surface area contributed by atoms with Gasteiger partial charge in [0.05, 0.1) is 25.8 Å². The van der Waals surface area contributed by atoms with E-state index in [4.69, 9.17) is 9.84 Å². The molecule has 1 aliphatic carbocycles. The Kier molecular flexibility index (Phi) is 9.87. The fourth-order valence-electron chi connectivity index (χ4n) is 4.25. The molecule has 7 nitrogen and oxygen atoms in total. The summed E-state index contributed by atoms with van der Waals surface area (Å²) in [6.07, 6.45) is 4.05. The van der Waals surface area contributed by atoms with E-state index >= 15 is 0 Å². The van der Waals surface area contributed by atoms with Crippen molar-refractivity contribution in [2.24, 2.45) is 11.8 Å². The molecule has 1 heterocycles. The summed E-state index contributed by atoms with van der Waals surface area (Å²) in [5, 5.41) is 22.3. The highest BCUT2D eigenvalue weighted by molar-refractivity contribution is 5.85. The standard InChI is InChI=1S/C24H34N2O4.CH4O/c1-16(2)10-21(17(3)24(14-27)15-30-24)26-23(29)13-25-22(28)12-18-8-9-19-6-4-5-7-20(19)11-18;1-2/h4-7,16,18,21,27H,3,8-15H2,1-2H3,(H,25,28)(H,26,29);2H,1H3. The molecule has 7 heteroatoms. The third-order valence-electron chi connectivity index (χ3n) is 6.17. The second-order valence-corrected chi connectivity index (χ2v) is 9.07. The van der Waals surface area contributed by atoms with Crippen molar-refractivity contribution in [1.82, 2.24) is 10.6 Å². The third-order valence-corrected chi connectivity index (χ3v) is 6.17. The Balaban J connectivity index is 0.00000176. The van der Waals surface area contributed by atoms with E-state index in [-0.39, 0.29) is 31.0 Å². The molecule has 3 atom stereocenters. The van der Waals surface area contributed by atoms with Crippen LogP contribution in [0.4, 0.5) is 0 Å². The number of amides is 2. The van der Waals surface area contributed by atoms with Crippen LogP contribution < -0.4 is 10.6 Å². The minimum Gasteiger partial charge on any atom is -0.400 e. The molecule has 4 N–H and O–H groups in total. The van der Waals surface area contributed by atoms with Crippen LogP contribution in [0.5, 0.6) is 0 Å². The smallest absolute Gasteiger partial charge is 0.239 e. The highest BCUT2D eigenvalue weighted by atomic mass is 16.6. The Labute approximate surface area is 191 Å². The molecule has 2 amide bonds. The summed E-state index contributed by atoms with van der Waals surface area (Å²) in [5.74, 6) is 0.308. The molecule has 1 saturated heterocycles. The summed E-state index contributed by atoms with van der Waals surface area (Å²) in [6, 6.07) is 8.10. The molecule has 32 heavy (non-hydrogen) atoms. The molecule has 0 radical (unpaired) electrons. The molecule has 3 rings (SSSR count). The molecule has 2 aliphatic rings. The van der Waals surface area contributed by atoms with Gasteiger partial charge in [0.1, 0.15) is 5.60 Å². The van der Waals surface area contributed by atoms with Crippen molar-refractivity contribution in [3.8, 4) is 0 Å². The molecule has 1 aliphatic heterocycles. The lowest BCUT2D eigenvalue weighted by atomic mass is 9.82. The summed E-state index contributed by atoms with van der Waals surface area (Å²) < 4.78 is 5.39. The fourth-order valence-corrected chi connectivity index (χ4v) is 4.25. The topological polar surface area (TPSA) is 111 Å². The average Bonchev–Trinajstić information content (AvgIpc) is 3.59. The third kappa shape index (κ3) is 7.15. The quantitative estimate of drug-likeness (QED) is 0.323. The van der Waals surface area contributed by atoms with Gasteiger partial charge in [-0.2, -0.15) is 0 Å². The lowest BCUT2D eigenvalue weighted by molar-refractivity contribution is -0.127. The van der Waals surface area contributed by atoms with E-state index in [0.717, 1.165) is 26.4 Å². The number of nitrogens with one attached hydrogen (secondary N) is 2. The van der Waals surface area contributed by atoms with Crippen molar-refractivity contribution < 1.29 is 24.5 Å². The number of fused-ring (bicyclic) bond motifs is 1. The van der Waals surface area contributed by atoms with Gasteiger partial charge in [-0.3, -0.25) is 9.59 Å². The van der Waals surface area contributed by atoms with Crippen LogP contribution in [-0.4, -0.2) is 60.5 Å². The molecule has 0 bridgehead atoms. The molecule has 0 aromatic heterocycles. The second kappa shape index (κ2) is 12.1. The number of benzene rings is 1. The molecule has 3 unspecified atom stereocenters. The zero-order chi connectivity index (χ0) is 23.7. The number of carbonyl (C=O) groups excluding carboxylic acids is 2. The van der Waals surface area contributed by atoms with E-state index in [1.807, 2.05) is 6.07 Å². The Morgan fingerprint density at radius 1 is 1.22 bits per heavy atom. The Morgan fingerprint density at radius 3 is 2.47 bits per heavy atom. The van der Waals surface area contributed by atoms with Gasteiger partial charge in [0.2, 0.25) is 11.8 Å². The highest BCUT2D eigenvalue weighted by Gasteiger charge is 2.49. The SMILES string of the molecule is C=C(C(CC(C)C)NC(=O)CNC(=O)CC1CCc2ccccc2C1)C1(CO)CO1.CO. The van der Waals surface area contributed by atoms with Crippen molar-refractivity contribution in [2.75, 3.05) is 26.9 Å².